The molecular formula is C8H13NO4. The van der Waals surface area contributed by atoms with Crippen molar-refractivity contribution < 1.29 is 19.4 Å². The van der Waals surface area contributed by atoms with Gasteiger partial charge in [0, 0.05) is 0 Å². The second-order valence-electron chi connectivity index (χ2n) is 3.20. The molecule has 1 rings (SSSR count). The second-order valence-corrected chi connectivity index (χ2v) is 3.20. The Morgan fingerprint density at radius 2 is 2.38 bits per heavy atom. The fraction of sp³-hybridized carbons (Fsp3) is 0.750. The Hall–Kier alpha value is -1.26. The Morgan fingerprint density at radius 1 is 1.77 bits per heavy atom. The maximum atomic E-state index is 11.1. The number of carboxylic acid groups (broad SMARTS) is 1. The number of ether oxygens (including phenoxy) is 1. The number of cyclic esters (lactones) is 1. The van der Waals surface area contributed by atoms with Crippen LogP contribution in [-0.2, 0) is 9.53 Å². The molecule has 5 heteroatoms. The lowest BCUT2D eigenvalue weighted by Crippen LogP contribution is -2.52. The molecule has 1 aliphatic rings. The van der Waals surface area contributed by atoms with Crippen molar-refractivity contribution in [2.75, 3.05) is 13.2 Å². The van der Waals surface area contributed by atoms with Crippen molar-refractivity contribution in [3.63, 3.8) is 0 Å². The molecule has 0 aromatic rings. The van der Waals surface area contributed by atoms with Crippen LogP contribution in [0.4, 0.5) is 4.79 Å². The maximum Gasteiger partial charge on any atom is 0.410 e. The van der Waals surface area contributed by atoms with E-state index in [0.29, 0.717) is 13.0 Å². The fourth-order valence-electron chi connectivity index (χ4n) is 1.30. The smallest absolute Gasteiger partial charge is 0.410 e. The summed E-state index contributed by atoms with van der Waals surface area (Å²) in [7, 11) is 0. The summed E-state index contributed by atoms with van der Waals surface area (Å²) in [5.41, 5.74) is -1.13. The molecule has 0 aromatic heterocycles. The highest BCUT2D eigenvalue weighted by Crippen LogP contribution is 2.23. The summed E-state index contributed by atoms with van der Waals surface area (Å²) in [4.78, 5) is 23.3. The molecule has 1 heterocycles. The van der Waals surface area contributed by atoms with Crippen LogP contribution in [0.2, 0.25) is 0 Å². The number of carboxylic acids is 1. The predicted molar refractivity (Wildman–Crippen MR) is 44.4 cm³/mol. The van der Waals surface area contributed by atoms with Gasteiger partial charge in [0.25, 0.3) is 0 Å². The van der Waals surface area contributed by atoms with Crippen molar-refractivity contribution in [2.45, 2.75) is 25.8 Å². The first kappa shape index (κ1) is 9.83. The van der Waals surface area contributed by atoms with Crippen molar-refractivity contribution >= 4 is 12.1 Å². The third kappa shape index (κ3) is 1.46. The molecule has 1 unspecified atom stereocenters. The topological polar surface area (TPSA) is 66.8 Å². The molecule has 1 aliphatic heterocycles. The van der Waals surface area contributed by atoms with Crippen molar-refractivity contribution in [3.8, 4) is 0 Å². The molecule has 13 heavy (non-hydrogen) atoms. The average molecular weight is 187 g/mol. The number of nitrogens with zero attached hydrogens (tertiary/aromatic N) is 1. The van der Waals surface area contributed by atoms with Gasteiger partial charge in [0.05, 0.1) is 6.54 Å². The Labute approximate surface area is 76.3 Å². The summed E-state index contributed by atoms with van der Waals surface area (Å²) >= 11 is 0. The zero-order chi connectivity index (χ0) is 10.1. The van der Waals surface area contributed by atoms with E-state index in [2.05, 4.69) is 4.74 Å². The summed E-state index contributed by atoms with van der Waals surface area (Å²) in [6, 6.07) is 0. The highest BCUT2D eigenvalue weighted by Gasteiger charge is 2.43. The fourth-order valence-corrected chi connectivity index (χ4v) is 1.30. The molecule has 0 radical (unpaired) electrons. The van der Waals surface area contributed by atoms with Gasteiger partial charge in [-0.25, -0.2) is 9.59 Å². The van der Waals surface area contributed by atoms with E-state index in [4.69, 9.17) is 5.11 Å². The molecule has 1 fully saturated rings. The van der Waals surface area contributed by atoms with E-state index in [-0.39, 0.29) is 6.61 Å². The van der Waals surface area contributed by atoms with Crippen LogP contribution >= 0.6 is 0 Å². The van der Waals surface area contributed by atoms with Gasteiger partial charge in [0.1, 0.15) is 12.1 Å². The molecule has 0 saturated carbocycles. The standard InChI is InChI=1S/C8H13NO4/c1-3-8(2,6(10)11)9-4-5-13-7(9)12/h3-5H2,1-2H3,(H,10,11). The van der Waals surface area contributed by atoms with E-state index in [0.717, 1.165) is 0 Å². The van der Waals surface area contributed by atoms with E-state index in [1.165, 1.54) is 11.8 Å². The molecule has 1 N–H and O–H groups in total. The van der Waals surface area contributed by atoms with Crippen LogP contribution in [0.1, 0.15) is 20.3 Å². The van der Waals surface area contributed by atoms with Gasteiger partial charge >= 0.3 is 12.1 Å². The lowest BCUT2D eigenvalue weighted by Gasteiger charge is -2.31. The van der Waals surface area contributed by atoms with Crippen molar-refractivity contribution in [2.24, 2.45) is 0 Å². The molecule has 1 atom stereocenters. The van der Waals surface area contributed by atoms with Gasteiger partial charge in [-0.15, -0.1) is 0 Å². The number of amides is 1. The van der Waals surface area contributed by atoms with Gasteiger partial charge < -0.3 is 9.84 Å². The minimum Gasteiger partial charge on any atom is -0.480 e. The minimum atomic E-state index is -1.13. The third-order valence-electron chi connectivity index (χ3n) is 2.51. The largest absolute Gasteiger partial charge is 0.480 e. The molecule has 1 saturated heterocycles. The van der Waals surface area contributed by atoms with Crippen LogP contribution in [0.3, 0.4) is 0 Å². The van der Waals surface area contributed by atoms with Crippen LogP contribution in [0, 0.1) is 0 Å². The number of carbonyl (C=O) groups excluding carboxylic acids is 1. The molecule has 0 aromatic carbocycles. The third-order valence-corrected chi connectivity index (χ3v) is 2.51. The minimum absolute atomic E-state index is 0.279. The van der Waals surface area contributed by atoms with Crippen LogP contribution in [-0.4, -0.2) is 40.8 Å². The monoisotopic (exact) mass is 187 g/mol. The van der Waals surface area contributed by atoms with Gasteiger partial charge in [-0.1, -0.05) is 6.92 Å². The number of hydrogen-bond acceptors (Lipinski definition) is 3. The number of carbonyl (C=O) groups is 2. The van der Waals surface area contributed by atoms with Crippen molar-refractivity contribution in [3.05, 3.63) is 0 Å². The van der Waals surface area contributed by atoms with Crippen LogP contribution in [0.5, 0.6) is 0 Å². The Kier molecular flexibility index (Phi) is 2.45. The van der Waals surface area contributed by atoms with Gasteiger partial charge in [-0.3, -0.25) is 4.90 Å². The van der Waals surface area contributed by atoms with Gasteiger partial charge in [-0.2, -0.15) is 0 Å². The van der Waals surface area contributed by atoms with Gasteiger partial charge in [0.15, 0.2) is 0 Å². The lowest BCUT2D eigenvalue weighted by molar-refractivity contribution is -0.148. The highest BCUT2D eigenvalue weighted by molar-refractivity contribution is 5.84. The van der Waals surface area contributed by atoms with Crippen molar-refractivity contribution in [1.82, 2.24) is 4.90 Å². The Bertz CT molecular complexity index is 238. The van der Waals surface area contributed by atoms with E-state index < -0.39 is 17.6 Å². The first-order valence-electron chi connectivity index (χ1n) is 4.20. The summed E-state index contributed by atoms with van der Waals surface area (Å²) in [5, 5.41) is 8.96. The summed E-state index contributed by atoms with van der Waals surface area (Å²) in [5.74, 6) is -0.992. The molecule has 1 amide bonds. The van der Waals surface area contributed by atoms with Gasteiger partial charge in [0.2, 0.25) is 0 Å². The maximum absolute atomic E-state index is 11.1. The molecule has 74 valence electrons. The van der Waals surface area contributed by atoms with E-state index in [1.807, 2.05) is 0 Å². The van der Waals surface area contributed by atoms with Crippen molar-refractivity contribution in [1.29, 1.82) is 0 Å². The number of hydrogen-bond donors (Lipinski definition) is 1. The van der Waals surface area contributed by atoms with E-state index in [1.54, 1.807) is 6.92 Å². The SMILES string of the molecule is CCC(C)(C(=O)O)N1CCOC1=O. The molecule has 5 nitrogen and oxygen atoms in total. The molecule has 0 spiro atoms. The van der Waals surface area contributed by atoms with Crippen LogP contribution in [0.15, 0.2) is 0 Å². The Morgan fingerprint density at radius 3 is 2.69 bits per heavy atom. The normalized spacial score (nSPS) is 21.1. The quantitative estimate of drug-likeness (QED) is 0.706. The average Bonchev–Trinajstić information content (AvgIpc) is 2.50. The summed E-state index contributed by atoms with van der Waals surface area (Å²) < 4.78 is 4.69. The highest BCUT2D eigenvalue weighted by atomic mass is 16.6. The van der Waals surface area contributed by atoms with E-state index >= 15 is 0 Å². The number of aliphatic carboxylic acids is 1. The zero-order valence-corrected chi connectivity index (χ0v) is 7.74. The number of rotatable bonds is 3. The zero-order valence-electron chi connectivity index (χ0n) is 7.74. The molecule has 0 bridgehead atoms. The van der Waals surface area contributed by atoms with E-state index in [9.17, 15) is 9.59 Å². The first-order valence-corrected chi connectivity index (χ1v) is 4.20. The Balaban J connectivity index is 2.87. The predicted octanol–water partition coefficient (Wildman–Crippen LogP) is 0.692. The van der Waals surface area contributed by atoms with Crippen LogP contribution in [0.25, 0.3) is 0 Å². The summed E-state index contributed by atoms with van der Waals surface area (Å²) in [6.45, 7) is 3.90. The first-order chi connectivity index (χ1) is 6.02. The lowest BCUT2D eigenvalue weighted by atomic mass is 9.97. The van der Waals surface area contributed by atoms with Gasteiger partial charge in [-0.05, 0) is 13.3 Å². The summed E-state index contributed by atoms with van der Waals surface area (Å²) in [6.07, 6.45) is -0.163. The van der Waals surface area contributed by atoms with Crippen LogP contribution < -0.4 is 0 Å². The molecule has 0 aliphatic carbocycles. The second kappa shape index (κ2) is 3.24. The molecular weight excluding hydrogens is 174 g/mol.